The predicted molar refractivity (Wildman–Crippen MR) is 54.4 cm³/mol. The van der Waals surface area contributed by atoms with Crippen LogP contribution >= 0.6 is 0 Å². The van der Waals surface area contributed by atoms with Gasteiger partial charge in [0.05, 0.1) is 13.2 Å². The average Bonchev–Trinajstić information content (AvgIpc) is 2.28. The molecule has 13 heavy (non-hydrogen) atoms. The summed E-state index contributed by atoms with van der Waals surface area (Å²) in [4.78, 5) is 0. The number of nitrogens with two attached hydrogens (primary N) is 2. The first-order valence-electron chi connectivity index (χ1n) is 5.19. The molecule has 1 aliphatic carbocycles. The quantitative estimate of drug-likeness (QED) is 0.590. The lowest BCUT2D eigenvalue weighted by atomic mass is 9.78. The summed E-state index contributed by atoms with van der Waals surface area (Å²) in [6.07, 6.45) is 2.18. The molecule has 0 bridgehead atoms. The molecule has 2 rings (SSSR count). The van der Waals surface area contributed by atoms with Crippen LogP contribution in [0.3, 0.4) is 0 Å². The molecule has 2 fully saturated rings. The second kappa shape index (κ2) is 3.56. The first-order chi connectivity index (χ1) is 6.07. The molecule has 0 aromatic carbocycles. The normalized spacial score (nSPS) is 40.8. The van der Waals surface area contributed by atoms with Gasteiger partial charge in [-0.05, 0) is 19.8 Å². The highest BCUT2D eigenvalue weighted by atomic mass is 16.5. The summed E-state index contributed by atoms with van der Waals surface area (Å²) in [7, 11) is 0. The van der Waals surface area contributed by atoms with Gasteiger partial charge < -0.3 is 16.2 Å². The maximum absolute atomic E-state index is 6.05. The van der Waals surface area contributed by atoms with Crippen molar-refractivity contribution in [2.75, 3.05) is 13.2 Å². The molecule has 1 heterocycles. The Bertz CT molecular complexity index is 176. The Morgan fingerprint density at radius 2 is 1.77 bits per heavy atom. The second-order valence-corrected chi connectivity index (χ2v) is 4.34. The van der Waals surface area contributed by atoms with Gasteiger partial charge in [0.1, 0.15) is 0 Å². The monoisotopic (exact) mass is 186 g/mol. The van der Waals surface area contributed by atoms with Gasteiger partial charge in [0.2, 0.25) is 0 Å². The molecule has 0 amide bonds. The number of ether oxygens (including phenoxy) is 1. The highest BCUT2D eigenvalue weighted by Crippen LogP contribution is 2.46. The summed E-state index contributed by atoms with van der Waals surface area (Å²) in [6.45, 7) is 7.69. The minimum absolute atomic E-state index is 0.128. The maximum Gasteiger partial charge on any atom is 0.0560 e. The molecule has 1 aliphatic heterocycles. The summed E-state index contributed by atoms with van der Waals surface area (Å²) in [5.41, 5.74) is 12.2. The van der Waals surface area contributed by atoms with E-state index >= 15 is 0 Å². The third kappa shape index (κ3) is 1.60. The number of rotatable bonds is 0. The van der Waals surface area contributed by atoms with Crippen molar-refractivity contribution in [3.8, 4) is 0 Å². The van der Waals surface area contributed by atoms with E-state index in [0.717, 1.165) is 26.1 Å². The predicted octanol–water partition coefficient (Wildman–Crippen LogP) is 0.868. The van der Waals surface area contributed by atoms with E-state index in [1.807, 2.05) is 20.8 Å². The van der Waals surface area contributed by atoms with Gasteiger partial charge in [-0.3, -0.25) is 0 Å². The first kappa shape index (κ1) is 11.0. The molecule has 0 aromatic rings. The molecule has 1 saturated heterocycles. The summed E-state index contributed by atoms with van der Waals surface area (Å²) in [5.74, 6) is 0. The van der Waals surface area contributed by atoms with Crippen molar-refractivity contribution < 1.29 is 4.74 Å². The summed E-state index contributed by atoms with van der Waals surface area (Å²) in [5, 5.41) is 0. The third-order valence-corrected chi connectivity index (χ3v) is 3.31. The van der Waals surface area contributed by atoms with Gasteiger partial charge in [-0.25, -0.2) is 0 Å². The Hall–Kier alpha value is -0.120. The second-order valence-electron chi connectivity index (χ2n) is 4.34. The van der Waals surface area contributed by atoms with E-state index in [2.05, 4.69) is 0 Å². The Balaban J connectivity index is 0.000000396. The molecule has 3 heteroatoms. The van der Waals surface area contributed by atoms with E-state index in [9.17, 15) is 0 Å². The lowest BCUT2D eigenvalue weighted by molar-refractivity contribution is -0.119. The smallest absolute Gasteiger partial charge is 0.0560 e. The molecular weight excluding hydrogens is 164 g/mol. The van der Waals surface area contributed by atoms with Crippen molar-refractivity contribution >= 4 is 0 Å². The largest absolute Gasteiger partial charge is 0.380 e. The van der Waals surface area contributed by atoms with Crippen molar-refractivity contribution in [2.45, 2.75) is 45.2 Å². The Kier molecular flexibility index (Phi) is 3.00. The van der Waals surface area contributed by atoms with Crippen molar-refractivity contribution in [1.82, 2.24) is 0 Å². The van der Waals surface area contributed by atoms with Crippen LogP contribution in [0.5, 0.6) is 0 Å². The molecule has 1 spiro atoms. The Labute approximate surface area is 80.8 Å². The first-order valence-corrected chi connectivity index (χ1v) is 5.19. The van der Waals surface area contributed by atoms with E-state index < -0.39 is 0 Å². The minimum atomic E-state index is -0.163. The number of hydrogen-bond acceptors (Lipinski definition) is 3. The Morgan fingerprint density at radius 3 is 1.92 bits per heavy atom. The summed E-state index contributed by atoms with van der Waals surface area (Å²) < 4.78 is 5.19. The van der Waals surface area contributed by atoms with E-state index in [4.69, 9.17) is 16.2 Å². The molecule has 1 saturated carbocycles. The third-order valence-electron chi connectivity index (χ3n) is 3.31. The SMILES string of the molecule is CC.CC1(N)CCC2(COC2)[C@H]1N. The topological polar surface area (TPSA) is 61.3 Å². The van der Waals surface area contributed by atoms with Gasteiger partial charge in [0, 0.05) is 17.0 Å². The van der Waals surface area contributed by atoms with Crippen LogP contribution in [0.15, 0.2) is 0 Å². The van der Waals surface area contributed by atoms with Gasteiger partial charge in [-0.2, -0.15) is 0 Å². The van der Waals surface area contributed by atoms with E-state index in [1.54, 1.807) is 0 Å². The molecular formula is C10H22N2O. The van der Waals surface area contributed by atoms with Crippen LogP contribution in [0.4, 0.5) is 0 Å². The van der Waals surface area contributed by atoms with Crippen molar-refractivity contribution in [1.29, 1.82) is 0 Å². The molecule has 3 nitrogen and oxygen atoms in total. The fourth-order valence-electron chi connectivity index (χ4n) is 2.22. The van der Waals surface area contributed by atoms with E-state index in [-0.39, 0.29) is 17.0 Å². The van der Waals surface area contributed by atoms with Crippen molar-refractivity contribution in [2.24, 2.45) is 16.9 Å². The maximum atomic E-state index is 6.05. The zero-order valence-electron chi connectivity index (χ0n) is 8.97. The summed E-state index contributed by atoms with van der Waals surface area (Å²) >= 11 is 0. The lowest BCUT2D eigenvalue weighted by Crippen LogP contribution is -2.61. The highest BCUT2D eigenvalue weighted by Gasteiger charge is 2.55. The zero-order chi connectivity index (χ0) is 10.1. The van der Waals surface area contributed by atoms with Gasteiger partial charge in [0.25, 0.3) is 0 Å². The van der Waals surface area contributed by atoms with E-state index in [1.165, 1.54) is 0 Å². The minimum Gasteiger partial charge on any atom is -0.380 e. The number of hydrogen-bond donors (Lipinski definition) is 2. The lowest BCUT2D eigenvalue weighted by Gasteiger charge is -2.44. The summed E-state index contributed by atoms with van der Waals surface area (Å²) in [6, 6.07) is 0.128. The van der Waals surface area contributed by atoms with Crippen LogP contribution in [-0.4, -0.2) is 24.8 Å². The fraction of sp³-hybridized carbons (Fsp3) is 1.00. The van der Waals surface area contributed by atoms with Gasteiger partial charge in [-0.15, -0.1) is 0 Å². The molecule has 2 aliphatic rings. The molecule has 1 unspecified atom stereocenters. The molecule has 78 valence electrons. The zero-order valence-corrected chi connectivity index (χ0v) is 8.97. The molecule has 2 atom stereocenters. The standard InChI is InChI=1S/C8H16N2O.C2H6/c1-7(10)2-3-8(6(7)9)4-11-5-8;1-2/h6H,2-5,9-10H2,1H3;1-2H3/t6-,7?;/m0./s1. The van der Waals surface area contributed by atoms with Gasteiger partial charge in [0.15, 0.2) is 0 Å². The average molecular weight is 186 g/mol. The fourth-order valence-corrected chi connectivity index (χ4v) is 2.22. The Morgan fingerprint density at radius 1 is 1.23 bits per heavy atom. The van der Waals surface area contributed by atoms with Crippen LogP contribution in [0.2, 0.25) is 0 Å². The van der Waals surface area contributed by atoms with Crippen LogP contribution in [0, 0.1) is 5.41 Å². The van der Waals surface area contributed by atoms with Crippen LogP contribution in [0.1, 0.15) is 33.6 Å². The van der Waals surface area contributed by atoms with E-state index in [0.29, 0.717) is 0 Å². The van der Waals surface area contributed by atoms with Crippen molar-refractivity contribution in [3.63, 3.8) is 0 Å². The van der Waals surface area contributed by atoms with Crippen LogP contribution < -0.4 is 11.5 Å². The molecule has 4 N–H and O–H groups in total. The highest BCUT2D eigenvalue weighted by molar-refractivity contribution is 5.11. The van der Waals surface area contributed by atoms with Crippen LogP contribution in [-0.2, 0) is 4.74 Å². The van der Waals surface area contributed by atoms with Gasteiger partial charge in [-0.1, -0.05) is 13.8 Å². The molecule has 0 aromatic heterocycles. The van der Waals surface area contributed by atoms with Crippen molar-refractivity contribution in [3.05, 3.63) is 0 Å². The van der Waals surface area contributed by atoms with Gasteiger partial charge >= 0.3 is 0 Å². The molecule has 0 radical (unpaired) electrons. The van der Waals surface area contributed by atoms with Crippen LogP contribution in [0.25, 0.3) is 0 Å².